The normalized spacial score (nSPS) is 16.3. The maximum Gasteiger partial charge on any atom is 0.246 e. The first-order valence-corrected chi connectivity index (χ1v) is 14.1. The van der Waals surface area contributed by atoms with Gasteiger partial charge in [-0.05, 0) is 44.0 Å². The number of hydrogen-bond acceptors (Lipinski definition) is 4. The van der Waals surface area contributed by atoms with E-state index in [0.29, 0.717) is 30.5 Å². The summed E-state index contributed by atoms with van der Waals surface area (Å²) in [5.41, 5.74) is 5.82. The molecule has 0 spiro atoms. The van der Waals surface area contributed by atoms with Crippen LogP contribution in [0.5, 0.6) is 0 Å². The highest BCUT2D eigenvalue weighted by Gasteiger charge is 2.46. The van der Waals surface area contributed by atoms with E-state index in [1.165, 1.54) is 5.56 Å². The van der Waals surface area contributed by atoms with Crippen molar-refractivity contribution < 1.29 is 9.90 Å². The number of amides is 1. The number of alkyl halides is 1. The summed E-state index contributed by atoms with van der Waals surface area (Å²) in [6, 6.07) is 19.6. The van der Waals surface area contributed by atoms with Gasteiger partial charge in [0.1, 0.15) is 6.04 Å². The molecule has 2 aromatic heterocycles. The Morgan fingerprint density at radius 3 is 2.29 bits per heavy atom. The first-order valence-electron chi connectivity index (χ1n) is 13.0. The fourth-order valence-corrected chi connectivity index (χ4v) is 5.90. The molecular formula is C30H34BrN5O2. The predicted molar refractivity (Wildman–Crippen MR) is 152 cm³/mol. The molecule has 1 fully saturated rings. The number of rotatable bonds is 8. The van der Waals surface area contributed by atoms with Crippen molar-refractivity contribution in [3.63, 3.8) is 0 Å². The van der Waals surface area contributed by atoms with Gasteiger partial charge >= 0.3 is 0 Å². The molecule has 1 saturated heterocycles. The molecule has 1 aliphatic rings. The minimum atomic E-state index is -0.638. The highest BCUT2D eigenvalue weighted by atomic mass is 79.9. The lowest BCUT2D eigenvalue weighted by molar-refractivity contribution is -0.148. The van der Waals surface area contributed by atoms with E-state index in [1.54, 1.807) is 15.7 Å². The summed E-state index contributed by atoms with van der Waals surface area (Å²) in [4.78, 5) is 20.6. The van der Waals surface area contributed by atoms with Crippen LogP contribution in [0.1, 0.15) is 41.3 Å². The molecule has 198 valence electrons. The number of carbonyl (C=O) groups is 1. The molecule has 0 radical (unpaired) electrons. The second kappa shape index (κ2) is 10.5. The third kappa shape index (κ3) is 4.71. The predicted octanol–water partition coefficient (Wildman–Crippen LogP) is 4.54. The van der Waals surface area contributed by atoms with Gasteiger partial charge in [0.15, 0.2) is 5.65 Å². The lowest BCUT2D eigenvalue weighted by atomic mass is 9.82. The topological polar surface area (TPSA) is 87.1 Å². The summed E-state index contributed by atoms with van der Waals surface area (Å²) in [5, 5.41) is 19.9. The summed E-state index contributed by atoms with van der Waals surface area (Å²) in [6.07, 6.45) is 2.17. The molecule has 1 amide bonds. The van der Waals surface area contributed by atoms with Crippen LogP contribution < -0.4 is 5.62 Å². The summed E-state index contributed by atoms with van der Waals surface area (Å²) in [7, 11) is 0. The summed E-state index contributed by atoms with van der Waals surface area (Å²) < 4.78 is 3.77. The van der Waals surface area contributed by atoms with E-state index in [0.717, 1.165) is 22.2 Å². The number of aliphatic hydroxyl groups is 1. The largest absolute Gasteiger partial charge is 0.396 e. The first kappa shape index (κ1) is 26.4. The van der Waals surface area contributed by atoms with Crippen molar-refractivity contribution in [2.45, 2.75) is 39.3 Å². The van der Waals surface area contributed by atoms with Crippen LogP contribution in [0.25, 0.3) is 11.2 Å². The molecule has 2 unspecified atom stereocenters. The number of carbonyl (C=O) groups excluding carboxylic acids is 1. The van der Waals surface area contributed by atoms with Crippen LogP contribution in [0.15, 0.2) is 66.9 Å². The Morgan fingerprint density at radius 1 is 1.05 bits per heavy atom. The average molecular weight is 577 g/mol. The quantitative estimate of drug-likeness (QED) is 0.302. The highest BCUT2D eigenvalue weighted by Crippen LogP contribution is 2.35. The summed E-state index contributed by atoms with van der Waals surface area (Å²) in [5.74, 6) is -0.0539. The van der Waals surface area contributed by atoms with Gasteiger partial charge < -0.3 is 14.6 Å². The van der Waals surface area contributed by atoms with Crippen molar-refractivity contribution in [2.75, 3.05) is 25.0 Å². The minimum Gasteiger partial charge on any atom is -0.396 e. The van der Waals surface area contributed by atoms with Crippen LogP contribution in [0, 0.1) is 24.7 Å². The average Bonchev–Trinajstić information content (AvgIpc) is 3.19. The number of nitrogens with zero attached hydrogens (tertiary/aromatic N) is 4. The zero-order chi connectivity index (χ0) is 27.0. The van der Waals surface area contributed by atoms with Gasteiger partial charge in [-0.15, -0.1) is 0 Å². The van der Waals surface area contributed by atoms with Crippen LogP contribution in [-0.4, -0.2) is 55.1 Å². The Bertz CT molecular complexity index is 1490. The molecule has 38 heavy (non-hydrogen) atoms. The lowest BCUT2D eigenvalue weighted by Crippen LogP contribution is -2.62. The number of aryl methyl sites for hydroxylation is 2. The van der Waals surface area contributed by atoms with Crippen molar-refractivity contribution in [3.8, 4) is 0 Å². The maximum absolute atomic E-state index is 14.1. The van der Waals surface area contributed by atoms with Gasteiger partial charge in [0.05, 0.1) is 18.2 Å². The van der Waals surface area contributed by atoms with Crippen molar-refractivity contribution in [2.24, 2.45) is 5.41 Å². The van der Waals surface area contributed by atoms with E-state index in [-0.39, 0.29) is 29.6 Å². The molecular weight excluding hydrogens is 542 g/mol. The number of likely N-dealkylation sites (tertiary alicyclic amines) is 1. The van der Waals surface area contributed by atoms with E-state index in [1.807, 2.05) is 35.8 Å². The second-order valence-corrected chi connectivity index (χ2v) is 11.2. The van der Waals surface area contributed by atoms with Crippen molar-refractivity contribution in [1.29, 1.82) is 5.41 Å². The molecule has 2 aromatic carbocycles. The minimum absolute atomic E-state index is 0.0242. The van der Waals surface area contributed by atoms with Crippen molar-refractivity contribution in [1.82, 2.24) is 19.0 Å². The fraction of sp³-hybridized carbons (Fsp3) is 0.367. The van der Waals surface area contributed by atoms with Gasteiger partial charge in [-0.25, -0.2) is 4.98 Å². The standard InChI is InChI=1S/C30H34BrN5O2/c1-20-6-10-23(11-7-20)15-26(28(38)34-17-30(16-31,18-34)19-37)36-27-25(5-4-14-33-27)35(29(36)32)22(3)24-12-8-21(2)9-13-24/h4-14,22,26,32,37H,15-19H2,1-3H3. The molecule has 4 aromatic rings. The van der Waals surface area contributed by atoms with Crippen LogP contribution in [0.2, 0.25) is 0 Å². The molecule has 2 N–H and O–H groups in total. The molecule has 8 heteroatoms. The number of pyridine rings is 1. The van der Waals surface area contributed by atoms with Crippen LogP contribution >= 0.6 is 15.9 Å². The smallest absolute Gasteiger partial charge is 0.246 e. The fourth-order valence-electron chi connectivity index (χ4n) is 5.37. The number of aliphatic hydroxyl groups excluding tert-OH is 1. The van der Waals surface area contributed by atoms with Gasteiger partial charge in [-0.2, -0.15) is 0 Å². The number of benzene rings is 2. The number of halogens is 1. The molecule has 7 nitrogen and oxygen atoms in total. The highest BCUT2D eigenvalue weighted by molar-refractivity contribution is 9.09. The molecule has 0 bridgehead atoms. The molecule has 2 atom stereocenters. The van der Waals surface area contributed by atoms with Gasteiger partial charge in [0.25, 0.3) is 0 Å². The van der Waals surface area contributed by atoms with E-state index in [2.05, 4.69) is 71.2 Å². The Balaban J connectivity index is 1.62. The number of aromatic nitrogens is 3. The maximum atomic E-state index is 14.1. The Kier molecular flexibility index (Phi) is 7.29. The van der Waals surface area contributed by atoms with Gasteiger partial charge in [0, 0.05) is 36.5 Å². The van der Waals surface area contributed by atoms with Crippen LogP contribution in [0.3, 0.4) is 0 Å². The number of nitrogens with one attached hydrogen (secondary N) is 1. The van der Waals surface area contributed by atoms with E-state index < -0.39 is 6.04 Å². The zero-order valence-corrected chi connectivity index (χ0v) is 23.6. The van der Waals surface area contributed by atoms with E-state index >= 15 is 0 Å². The van der Waals surface area contributed by atoms with E-state index in [4.69, 9.17) is 0 Å². The molecule has 0 saturated carbocycles. The van der Waals surface area contributed by atoms with Crippen LogP contribution in [0.4, 0.5) is 0 Å². The second-order valence-electron chi connectivity index (χ2n) is 10.7. The van der Waals surface area contributed by atoms with Gasteiger partial charge in [-0.1, -0.05) is 75.6 Å². The Morgan fingerprint density at radius 2 is 1.68 bits per heavy atom. The van der Waals surface area contributed by atoms with Crippen molar-refractivity contribution >= 4 is 33.0 Å². The number of hydrogen-bond donors (Lipinski definition) is 2. The Hall–Kier alpha value is -3.23. The number of imidazole rings is 1. The van der Waals surface area contributed by atoms with Gasteiger partial charge in [0.2, 0.25) is 11.5 Å². The molecule has 0 aliphatic carbocycles. The molecule has 5 rings (SSSR count). The molecule has 3 heterocycles. The summed E-state index contributed by atoms with van der Waals surface area (Å²) >= 11 is 3.51. The number of fused-ring (bicyclic) bond motifs is 1. The first-order chi connectivity index (χ1) is 18.3. The Labute approximate surface area is 231 Å². The van der Waals surface area contributed by atoms with Gasteiger partial charge in [-0.3, -0.25) is 14.8 Å². The lowest BCUT2D eigenvalue weighted by Gasteiger charge is -2.49. The molecule has 1 aliphatic heterocycles. The third-order valence-electron chi connectivity index (χ3n) is 7.79. The zero-order valence-electron chi connectivity index (χ0n) is 22.1. The summed E-state index contributed by atoms with van der Waals surface area (Å²) in [6.45, 7) is 7.18. The monoisotopic (exact) mass is 575 g/mol. The SMILES string of the molecule is Cc1ccc(CC(C(=O)N2CC(CO)(CBr)C2)n2c(=N)n(C(C)c3ccc(C)cc3)c3cccnc32)cc1. The van der Waals surface area contributed by atoms with Crippen LogP contribution in [-0.2, 0) is 11.2 Å². The van der Waals surface area contributed by atoms with E-state index in [9.17, 15) is 15.3 Å². The third-order valence-corrected chi connectivity index (χ3v) is 8.98. The van der Waals surface area contributed by atoms with Crippen molar-refractivity contribution in [3.05, 3.63) is 94.7 Å².